The van der Waals surface area contributed by atoms with Gasteiger partial charge < -0.3 is 14.8 Å². The Labute approximate surface area is 139 Å². The number of carbonyl (C=O) groups excluding carboxylic acids is 3. The van der Waals surface area contributed by atoms with Gasteiger partial charge in [0.2, 0.25) is 5.91 Å². The molecule has 1 saturated heterocycles. The van der Waals surface area contributed by atoms with Crippen molar-refractivity contribution >= 4 is 23.5 Å². The van der Waals surface area contributed by atoms with E-state index >= 15 is 0 Å². The predicted octanol–water partition coefficient (Wildman–Crippen LogP) is 2.00. The minimum Gasteiger partial charge on any atom is -0.462 e. The fourth-order valence-corrected chi connectivity index (χ4v) is 4.49. The number of ether oxygens (including phenoxy) is 2. The van der Waals surface area contributed by atoms with Crippen LogP contribution in [-0.4, -0.2) is 30.6 Å². The third kappa shape index (κ3) is 2.28. The molecule has 0 spiro atoms. The molecule has 5 atom stereocenters. The van der Waals surface area contributed by atoms with Gasteiger partial charge in [-0.05, 0) is 49.9 Å². The molecular weight excluding hydrogens is 310 g/mol. The smallest absolute Gasteiger partial charge is 0.338 e. The van der Waals surface area contributed by atoms with Gasteiger partial charge in [-0.1, -0.05) is 0 Å². The van der Waals surface area contributed by atoms with Crippen molar-refractivity contribution in [1.82, 2.24) is 0 Å². The molecule has 2 bridgehead atoms. The third-order valence-corrected chi connectivity index (χ3v) is 5.45. The van der Waals surface area contributed by atoms with Gasteiger partial charge in [0.25, 0.3) is 0 Å². The lowest BCUT2D eigenvalue weighted by atomic mass is 9.79. The van der Waals surface area contributed by atoms with Crippen molar-refractivity contribution in [3.63, 3.8) is 0 Å². The van der Waals surface area contributed by atoms with Crippen LogP contribution < -0.4 is 5.32 Å². The SMILES string of the molecule is CCOC(=O)c1ccc(NC(=O)[C@H]2[C@@H]3C[C@@H]4[C@@H]2C(=O)O[C@@H]4C3)cc1. The molecule has 4 rings (SSSR count). The van der Waals surface area contributed by atoms with Crippen LogP contribution >= 0.6 is 0 Å². The lowest BCUT2D eigenvalue weighted by Gasteiger charge is -2.23. The molecule has 0 aromatic heterocycles. The first-order chi connectivity index (χ1) is 11.6. The number of benzene rings is 1. The summed E-state index contributed by atoms with van der Waals surface area (Å²) in [5.41, 5.74) is 1.05. The molecular formula is C18H19NO5. The van der Waals surface area contributed by atoms with Gasteiger partial charge in [0, 0.05) is 11.6 Å². The number of hydrogen-bond donors (Lipinski definition) is 1. The van der Waals surface area contributed by atoms with Crippen LogP contribution in [0.3, 0.4) is 0 Å². The van der Waals surface area contributed by atoms with Gasteiger partial charge in [-0.25, -0.2) is 4.79 Å². The summed E-state index contributed by atoms with van der Waals surface area (Å²) < 4.78 is 10.3. The van der Waals surface area contributed by atoms with Crippen molar-refractivity contribution in [2.45, 2.75) is 25.9 Å². The second kappa shape index (κ2) is 5.61. The van der Waals surface area contributed by atoms with Gasteiger partial charge in [0.1, 0.15) is 6.10 Å². The molecule has 1 N–H and O–H groups in total. The molecule has 0 unspecified atom stereocenters. The number of nitrogens with one attached hydrogen (secondary N) is 1. The number of fused-ring (bicyclic) bond motifs is 1. The standard InChI is InChI=1S/C18H19NO5/c1-2-23-17(21)9-3-5-11(6-4-9)19-16(20)14-10-7-12-13(8-10)24-18(22)15(12)14/h3-6,10,12-15H,2,7-8H2,1H3,(H,19,20)/t10-,12+,13-,14+,15+/m1/s1. The van der Waals surface area contributed by atoms with Gasteiger partial charge in [-0.2, -0.15) is 0 Å². The molecule has 1 aromatic rings. The summed E-state index contributed by atoms with van der Waals surface area (Å²) in [5, 5.41) is 2.87. The van der Waals surface area contributed by atoms with Gasteiger partial charge >= 0.3 is 11.9 Å². The summed E-state index contributed by atoms with van der Waals surface area (Å²) in [6, 6.07) is 6.59. The average molecular weight is 329 g/mol. The Morgan fingerprint density at radius 3 is 2.71 bits per heavy atom. The van der Waals surface area contributed by atoms with Crippen LogP contribution in [0.1, 0.15) is 30.1 Å². The number of anilines is 1. The van der Waals surface area contributed by atoms with Crippen molar-refractivity contribution in [2.24, 2.45) is 23.7 Å². The van der Waals surface area contributed by atoms with Crippen molar-refractivity contribution in [1.29, 1.82) is 0 Å². The van der Waals surface area contributed by atoms with E-state index in [1.54, 1.807) is 31.2 Å². The van der Waals surface area contributed by atoms with E-state index in [1.807, 2.05) is 0 Å². The summed E-state index contributed by atoms with van der Waals surface area (Å²) in [6.07, 6.45) is 1.73. The molecule has 0 radical (unpaired) electrons. The molecule has 2 aliphatic carbocycles. The lowest BCUT2D eigenvalue weighted by Crippen LogP contribution is -2.35. The van der Waals surface area contributed by atoms with Crippen molar-refractivity contribution < 1.29 is 23.9 Å². The number of amides is 1. The highest BCUT2D eigenvalue weighted by atomic mass is 16.6. The van der Waals surface area contributed by atoms with Gasteiger partial charge in [0.05, 0.1) is 24.0 Å². The first kappa shape index (κ1) is 15.2. The molecule has 1 amide bonds. The minimum absolute atomic E-state index is 0.0282. The van der Waals surface area contributed by atoms with Crippen LogP contribution in [0, 0.1) is 23.7 Å². The molecule has 126 valence electrons. The highest BCUT2D eigenvalue weighted by molar-refractivity contribution is 5.97. The van der Waals surface area contributed by atoms with Crippen LogP contribution in [0.25, 0.3) is 0 Å². The highest BCUT2D eigenvalue weighted by Crippen LogP contribution is 2.57. The summed E-state index contributed by atoms with van der Waals surface area (Å²) in [5.74, 6) is -0.877. The van der Waals surface area contributed by atoms with Crippen LogP contribution in [0.15, 0.2) is 24.3 Å². The number of rotatable bonds is 4. The second-order valence-corrected chi connectivity index (χ2v) is 6.71. The van der Waals surface area contributed by atoms with E-state index in [0.29, 0.717) is 17.9 Å². The lowest BCUT2D eigenvalue weighted by molar-refractivity contribution is -0.145. The topological polar surface area (TPSA) is 81.7 Å². The Morgan fingerprint density at radius 1 is 1.25 bits per heavy atom. The summed E-state index contributed by atoms with van der Waals surface area (Å²) in [6.45, 7) is 2.07. The molecule has 24 heavy (non-hydrogen) atoms. The van der Waals surface area contributed by atoms with Crippen LogP contribution in [0.4, 0.5) is 5.69 Å². The van der Waals surface area contributed by atoms with E-state index in [-0.39, 0.29) is 47.6 Å². The Morgan fingerprint density at radius 2 is 2.00 bits per heavy atom. The summed E-state index contributed by atoms with van der Waals surface area (Å²) >= 11 is 0. The maximum absolute atomic E-state index is 12.6. The Kier molecular flexibility index (Phi) is 3.55. The average Bonchev–Trinajstić information content (AvgIpc) is 3.17. The van der Waals surface area contributed by atoms with Crippen molar-refractivity contribution in [3.05, 3.63) is 29.8 Å². The van der Waals surface area contributed by atoms with Crippen molar-refractivity contribution in [2.75, 3.05) is 11.9 Å². The van der Waals surface area contributed by atoms with E-state index < -0.39 is 0 Å². The van der Waals surface area contributed by atoms with E-state index in [9.17, 15) is 14.4 Å². The molecule has 6 nitrogen and oxygen atoms in total. The highest BCUT2D eigenvalue weighted by Gasteiger charge is 2.63. The van der Waals surface area contributed by atoms with Crippen LogP contribution in [-0.2, 0) is 19.1 Å². The zero-order chi connectivity index (χ0) is 16.8. The molecule has 2 saturated carbocycles. The Balaban J connectivity index is 1.45. The third-order valence-electron chi connectivity index (χ3n) is 5.45. The molecule has 3 fully saturated rings. The minimum atomic E-state index is -0.386. The van der Waals surface area contributed by atoms with Crippen LogP contribution in [0.5, 0.6) is 0 Å². The molecule has 1 aliphatic heterocycles. The molecule has 1 heterocycles. The fourth-order valence-electron chi connectivity index (χ4n) is 4.49. The number of esters is 2. The second-order valence-electron chi connectivity index (χ2n) is 6.71. The monoisotopic (exact) mass is 329 g/mol. The number of carbonyl (C=O) groups is 3. The predicted molar refractivity (Wildman–Crippen MR) is 84.1 cm³/mol. The van der Waals surface area contributed by atoms with E-state index in [1.165, 1.54) is 0 Å². The van der Waals surface area contributed by atoms with E-state index in [0.717, 1.165) is 12.8 Å². The zero-order valence-electron chi connectivity index (χ0n) is 13.4. The molecule has 3 aliphatic rings. The van der Waals surface area contributed by atoms with Crippen LogP contribution in [0.2, 0.25) is 0 Å². The van der Waals surface area contributed by atoms with E-state index in [4.69, 9.17) is 9.47 Å². The summed E-state index contributed by atoms with van der Waals surface area (Å²) in [4.78, 5) is 36.3. The van der Waals surface area contributed by atoms with Gasteiger partial charge in [0.15, 0.2) is 0 Å². The zero-order valence-corrected chi connectivity index (χ0v) is 13.4. The summed E-state index contributed by atoms with van der Waals surface area (Å²) in [7, 11) is 0. The van der Waals surface area contributed by atoms with Gasteiger partial charge in [-0.15, -0.1) is 0 Å². The maximum atomic E-state index is 12.6. The van der Waals surface area contributed by atoms with Gasteiger partial charge in [-0.3, -0.25) is 9.59 Å². The van der Waals surface area contributed by atoms with Crippen molar-refractivity contribution in [3.8, 4) is 0 Å². The first-order valence-electron chi connectivity index (χ1n) is 8.37. The quantitative estimate of drug-likeness (QED) is 0.855. The van der Waals surface area contributed by atoms with E-state index in [2.05, 4.69) is 5.32 Å². The normalized spacial score (nSPS) is 32.5. The largest absolute Gasteiger partial charge is 0.462 e. The molecule has 1 aromatic carbocycles. The fraction of sp³-hybridized carbons (Fsp3) is 0.500. The Hall–Kier alpha value is -2.37. The first-order valence-corrected chi connectivity index (χ1v) is 8.37. The number of hydrogen-bond acceptors (Lipinski definition) is 5. The maximum Gasteiger partial charge on any atom is 0.338 e. The molecule has 6 heteroatoms. The Bertz CT molecular complexity index is 696.